The third kappa shape index (κ3) is 9.12. The number of hydrogen-bond donors (Lipinski definition) is 1. The molecule has 0 spiro atoms. The van der Waals surface area contributed by atoms with Crippen LogP contribution in [0, 0.1) is 13.8 Å². The maximum atomic E-state index is 14.6. The first-order valence-corrected chi connectivity index (χ1v) is 17.3. The molecule has 0 aliphatic rings. The number of rotatable bonds is 13. The summed E-state index contributed by atoms with van der Waals surface area (Å²) in [5.74, 6) is -0.884. The fourth-order valence-electron chi connectivity index (χ4n) is 4.93. The molecule has 10 heteroatoms. The molecular weight excluding hydrogens is 641 g/mol. The van der Waals surface area contributed by atoms with Crippen molar-refractivity contribution in [2.45, 2.75) is 64.1 Å². The van der Waals surface area contributed by atoms with Gasteiger partial charge in [0, 0.05) is 29.1 Å². The van der Waals surface area contributed by atoms with E-state index in [0.29, 0.717) is 6.42 Å². The van der Waals surface area contributed by atoms with E-state index >= 15 is 0 Å². The topological polar surface area (TPSA) is 86.8 Å². The third-order valence-corrected chi connectivity index (χ3v) is 9.99. The van der Waals surface area contributed by atoms with Gasteiger partial charge >= 0.3 is 0 Å². The van der Waals surface area contributed by atoms with Gasteiger partial charge in [0.25, 0.3) is 10.0 Å². The van der Waals surface area contributed by atoms with E-state index < -0.39 is 28.5 Å². The van der Waals surface area contributed by atoms with Gasteiger partial charge in [-0.05, 0) is 68.7 Å². The standard InChI is InChI=1S/C36H39Cl2N3O4S/c1-5-27(4)39-36(43)34(19-28-9-7-6-8-10-28)40(23-29-15-11-25(2)12-16-29)35(42)24-41(32-21-30(37)20-31(38)22-32)46(44,45)33-17-13-26(3)14-18-33/h6-18,20-22,27,34H,5,19,23-24H2,1-4H3,(H,39,43)/t27-,34-/m1/s1. The molecule has 4 rings (SSSR count). The van der Waals surface area contributed by atoms with Crippen LogP contribution >= 0.6 is 23.2 Å². The summed E-state index contributed by atoms with van der Waals surface area (Å²) >= 11 is 12.6. The summed E-state index contributed by atoms with van der Waals surface area (Å²) in [4.78, 5) is 30.0. The lowest BCUT2D eigenvalue weighted by Crippen LogP contribution is -2.54. The van der Waals surface area contributed by atoms with Gasteiger partial charge in [0.15, 0.2) is 0 Å². The van der Waals surface area contributed by atoms with Gasteiger partial charge in [-0.15, -0.1) is 0 Å². The van der Waals surface area contributed by atoms with Crippen LogP contribution in [0.25, 0.3) is 0 Å². The average molecular weight is 681 g/mol. The zero-order chi connectivity index (χ0) is 33.4. The largest absolute Gasteiger partial charge is 0.352 e. The zero-order valence-electron chi connectivity index (χ0n) is 26.4. The van der Waals surface area contributed by atoms with Crippen LogP contribution in [0.2, 0.25) is 10.0 Å². The molecule has 0 saturated carbocycles. The molecule has 242 valence electrons. The molecule has 7 nitrogen and oxygen atoms in total. The van der Waals surface area contributed by atoms with Gasteiger partial charge in [-0.3, -0.25) is 13.9 Å². The minimum atomic E-state index is -4.27. The number of nitrogens with zero attached hydrogens (tertiary/aromatic N) is 2. The molecule has 0 unspecified atom stereocenters. The Balaban J connectivity index is 1.83. The summed E-state index contributed by atoms with van der Waals surface area (Å²) in [6, 6.07) is 26.8. The number of hydrogen-bond acceptors (Lipinski definition) is 4. The highest BCUT2D eigenvalue weighted by atomic mass is 35.5. The summed E-state index contributed by atoms with van der Waals surface area (Å²) < 4.78 is 29.4. The van der Waals surface area contributed by atoms with Crippen LogP contribution in [-0.4, -0.2) is 43.8 Å². The number of nitrogens with one attached hydrogen (secondary N) is 1. The average Bonchev–Trinajstić information content (AvgIpc) is 3.02. The minimum Gasteiger partial charge on any atom is -0.352 e. The van der Waals surface area contributed by atoms with Crippen molar-refractivity contribution in [3.05, 3.63) is 129 Å². The molecule has 0 fully saturated rings. The van der Waals surface area contributed by atoms with Crippen LogP contribution in [0.3, 0.4) is 0 Å². The molecule has 0 heterocycles. The van der Waals surface area contributed by atoms with E-state index in [1.165, 1.54) is 35.2 Å². The normalized spacial score (nSPS) is 12.7. The molecule has 1 N–H and O–H groups in total. The SMILES string of the molecule is CC[C@@H](C)NC(=O)[C@@H](Cc1ccccc1)N(Cc1ccc(C)cc1)C(=O)CN(c1cc(Cl)cc(Cl)c1)S(=O)(=O)c1ccc(C)cc1. The molecular formula is C36H39Cl2N3O4S. The monoisotopic (exact) mass is 679 g/mol. The maximum Gasteiger partial charge on any atom is 0.264 e. The predicted molar refractivity (Wildman–Crippen MR) is 186 cm³/mol. The number of halogens is 2. The first kappa shape index (κ1) is 35.0. The summed E-state index contributed by atoms with van der Waals surface area (Å²) in [6.07, 6.45) is 0.933. The summed E-state index contributed by atoms with van der Waals surface area (Å²) in [6.45, 7) is 7.18. The quantitative estimate of drug-likeness (QED) is 0.160. The third-order valence-electron chi connectivity index (χ3n) is 7.77. The molecule has 0 aliphatic carbocycles. The van der Waals surface area contributed by atoms with E-state index in [4.69, 9.17) is 23.2 Å². The van der Waals surface area contributed by atoms with Crippen LogP contribution in [0.4, 0.5) is 5.69 Å². The van der Waals surface area contributed by atoms with Crippen LogP contribution in [-0.2, 0) is 32.6 Å². The lowest BCUT2D eigenvalue weighted by atomic mass is 10.0. The fraction of sp³-hybridized carbons (Fsp3) is 0.278. The second kappa shape index (κ2) is 15.6. The van der Waals surface area contributed by atoms with Gasteiger partial charge in [-0.1, -0.05) is 108 Å². The summed E-state index contributed by atoms with van der Waals surface area (Å²) in [5.41, 5.74) is 3.72. The molecule has 46 heavy (non-hydrogen) atoms. The Morgan fingerprint density at radius 1 is 0.804 bits per heavy atom. The number of amides is 2. The van der Waals surface area contributed by atoms with Crippen LogP contribution in [0.15, 0.2) is 102 Å². The van der Waals surface area contributed by atoms with E-state index in [-0.39, 0.29) is 45.5 Å². The second-order valence-electron chi connectivity index (χ2n) is 11.5. The molecule has 4 aromatic rings. The summed E-state index contributed by atoms with van der Waals surface area (Å²) in [5, 5.41) is 3.47. The van der Waals surface area contributed by atoms with E-state index in [0.717, 1.165) is 26.6 Å². The van der Waals surface area contributed by atoms with Crippen molar-refractivity contribution in [2.75, 3.05) is 10.8 Å². The molecule has 0 aliphatic heterocycles. The lowest BCUT2D eigenvalue weighted by molar-refractivity contribution is -0.140. The Labute approximate surface area is 282 Å². The smallest absolute Gasteiger partial charge is 0.264 e. The Hall–Kier alpha value is -3.85. The van der Waals surface area contributed by atoms with E-state index in [2.05, 4.69) is 5.32 Å². The molecule has 0 radical (unpaired) electrons. The lowest BCUT2D eigenvalue weighted by Gasteiger charge is -2.34. The van der Waals surface area contributed by atoms with Gasteiger partial charge in [0.2, 0.25) is 11.8 Å². The van der Waals surface area contributed by atoms with Gasteiger partial charge in [0.1, 0.15) is 12.6 Å². The Morgan fingerprint density at radius 3 is 1.93 bits per heavy atom. The van der Waals surface area contributed by atoms with Crippen molar-refractivity contribution in [1.29, 1.82) is 0 Å². The first-order chi connectivity index (χ1) is 21.9. The molecule has 0 aromatic heterocycles. The molecule has 0 saturated heterocycles. The molecule has 0 bridgehead atoms. The first-order valence-electron chi connectivity index (χ1n) is 15.1. The van der Waals surface area contributed by atoms with Crippen LogP contribution in [0.5, 0.6) is 0 Å². The number of anilines is 1. The highest BCUT2D eigenvalue weighted by Gasteiger charge is 2.35. The van der Waals surface area contributed by atoms with Crippen molar-refractivity contribution in [2.24, 2.45) is 0 Å². The van der Waals surface area contributed by atoms with Gasteiger partial charge in [-0.2, -0.15) is 0 Å². The minimum absolute atomic E-state index is 0.00225. The van der Waals surface area contributed by atoms with Crippen molar-refractivity contribution in [3.63, 3.8) is 0 Å². The second-order valence-corrected chi connectivity index (χ2v) is 14.2. The number of carbonyl (C=O) groups excluding carboxylic acids is 2. The summed E-state index contributed by atoms with van der Waals surface area (Å²) in [7, 11) is -4.27. The van der Waals surface area contributed by atoms with E-state index in [1.54, 1.807) is 12.1 Å². The fourth-order valence-corrected chi connectivity index (χ4v) is 6.85. The highest BCUT2D eigenvalue weighted by molar-refractivity contribution is 7.92. The predicted octanol–water partition coefficient (Wildman–Crippen LogP) is 7.36. The van der Waals surface area contributed by atoms with Crippen LogP contribution in [0.1, 0.15) is 42.5 Å². The Morgan fingerprint density at radius 2 is 1.37 bits per heavy atom. The van der Waals surface area contributed by atoms with E-state index in [1.807, 2.05) is 82.3 Å². The Kier molecular flexibility index (Phi) is 11.9. The number of carbonyl (C=O) groups is 2. The van der Waals surface area contributed by atoms with Gasteiger partial charge in [0.05, 0.1) is 10.6 Å². The zero-order valence-corrected chi connectivity index (χ0v) is 28.7. The van der Waals surface area contributed by atoms with Crippen molar-refractivity contribution < 1.29 is 18.0 Å². The molecule has 4 aromatic carbocycles. The molecule has 2 amide bonds. The van der Waals surface area contributed by atoms with Crippen LogP contribution < -0.4 is 9.62 Å². The molecule has 2 atom stereocenters. The van der Waals surface area contributed by atoms with Gasteiger partial charge < -0.3 is 10.2 Å². The maximum absolute atomic E-state index is 14.6. The van der Waals surface area contributed by atoms with Crippen molar-refractivity contribution >= 4 is 50.7 Å². The number of aryl methyl sites for hydroxylation is 2. The van der Waals surface area contributed by atoms with Gasteiger partial charge in [-0.25, -0.2) is 8.42 Å². The highest BCUT2D eigenvalue weighted by Crippen LogP contribution is 2.30. The Bertz CT molecular complexity index is 1730. The van der Waals surface area contributed by atoms with E-state index in [9.17, 15) is 18.0 Å². The van der Waals surface area contributed by atoms with Crippen molar-refractivity contribution in [1.82, 2.24) is 10.2 Å². The number of benzene rings is 4. The van der Waals surface area contributed by atoms with Crippen molar-refractivity contribution in [3.8, 4) is 0 Å². The number of sulfonamides is 1.